The number of benzene rings is 1. The lowest BCUT2D eigenvalue weighted by molar-refractivity contribution is -0.140. The Bertz CT molecular complexity index is 875. The monoisotopic (exact) mass is 380 g/mol. The van der Waals surface area contributed by atoms with Crippen LogP contribution in [0.3, 0.4) is 0 Å². The molecule has 2 aromatic rings. The van der Waals surface area contributed by atoms with Crippen molar-refractivity contribution in [3.8, 4) is 0 Å². The molecule has 28 heavy (non-hydrogen) atoms. The van der Waals surface area contributed by atoms with Gasteiger partial charge in [0.1, 0.15) is 5.76 Å². The van der Waals surface area contributed by atoms with Crippen molar-refractivity contribution < 1.29 is 19.4 Å². The van der Waals surface area contributed by atoms with E-state index >= 15 is 0 Å². The molecule has 3 rings (SSSR count). The smallest absolute Gasteiger partial charge is 0.295 e. The number of methoxy groups -OCH3 is 1. The SMILES string of the molecule is CCc1ccc(/C(O)=C2/C(=O)C(=O)N(CCCOC)C2c2ccncc2)cc1. The number of carbonyl (C=O) groups is 2. The van der Waals surface area contributed by atoms with E-state index in [0.29, 0.717) is 25.1 Å². The van der Waals surface area contributed by atoms with Crippen LogP contribution >= 0.6 is 0 Å². The fourth-order valence-electron chi connectivity index (χ4n) is 3.44. The van der Waals surface area contributed by atoms with Crippen LogP contribution in [0.2, 0.25) is 0 Å². The second-order valence-electron chi connectivity index (χ2n) is 6.67. The predicted octanol–water partition coefficient (Wildman–Crippen LogP) is 3.10. The number of aliphatic hydroxyl groups is 1. The van der Waals surface area contributed by atoms with E-state index in [1.54, 1.807) is 43.8 Å². The van der Waals surface area contributed by atoms with Gasteiger partial charge in [-0.3, -0.25) is 14.6 Å². The average Bonchev–Trinajstić information content (AvgIpc) is 2.99. The number of nitrogens with zero attached hydrogens (tertiary/aromatic N) is 2. The van der Waals surface area contributed by atoms with Crippen LogP contribution in [0.1, 0.15) is 36.1 Å². The molecule has 1 saturated heterocycles. The summed E-state index contributed by atoms with van der Waals surface area (Å²) in [5, 5.41) is 10.9. The molecule has 1 amide bonds. The van der Waals surface area contributed by atoms with Gasteiger partial charge in [-0.1, -0.05) is 31.2 Å². The Labute approximate surface area is 164 Å². The van der Waals surface area contributed by atoms with E-state index in [9.17, 15) is 14.7 Å². The van der Waals surface area contributed by atoms with Crippen molar-refractivity contribution >= 4 is 17.4 Å². The number of ether oxygens (including phenoxy) is 1. The highest BCUT2D eigenvalue weighted by atomic mass is 16.5. The van der Waals surface area contributed by atoms with Crippen molar-refractivity contribution in [3.63, 3.8) is 0 Å². The second-order valence-corrected chi connectivity index (χ2v) is 6.67. The zero-order valence-electron chi connectivity index (χ0n) is 16.1. The molecular formula is C22H24N2O4. The van der Waals surface area contributed by atoms with Crippen LogP contribution in [0.4, 0.5) is 0 Å². The van der Waals surface area contributed by atoms with Crippen LogP contribution in [0.25, 0.3) is 5.76 Å². The summed E-state index contributed by atoms with van der Waals surface area (Å²) >= 11 is 0. The van der Waals surface area contributed by atoms with Crippen molar-refractivity contribution in [2.24, 2.45) is 0 Å². The van der Waals surface area contributed by atoms with E-state index < -0.39 is 17.7 Å². The molecule has 6 heteroatoms. The van der Waals surface area contributed by atoms with E-state index in [-0.39, 0.29) is 11.3 Å². The topological polar surface area (TPSA) is 79.7 Å². The Morgan fingerprint density at radius 1 is 1.14 bits per heavy atom. The van der Waals surface area contributed by atoms with Crippen LogP contribution in [0.15, 0.2) is 54.4 Å². The minimum absolute atomic E-state index is 0.109. The molecule has 1 aliphatic heterocycles. The first-order chi connectivity index (χ1) is 13.6. The van der Waals surface area contributed by atoms with Gasteiger partial charge < -0.3 is 14.7 Å². The summed E-state index contributed by atoms with van der Waals surface area (Å²) in [7, 11) is 1.59. The number of aromatic nitrogens is 1. The molecule has 0 radical (unpaired) electrons. The number of pyridine rings is 1. The lowest BCUT2D eigenvalue weighted by atomic mass is 9.95. The highest BCUT2D eigenvalue weighted by Gasteiger charge is 2.45. The lowest BCUT2D eigenvalue weighted by Crippen LogP contribution is -2.31. The van der Waals surface area contributed by atoms with E-state index in [2.05, 4.69) is 4.98 Å². The maximum absolute atomic E-state index is 12.8. The molecule has 1 aromatic carbocycles. The van der Waals surface area contributed by atoms with Gasteiger partial charge in [-0.05, 0) is 36.1 Å². The van der Waals surface area contributed by atoms with Gasteiger partial charge in [0.15, 0.2) is 0 Å². The minimum atomic E-state index is -0.670. The Kier molecular flexibility index (Phi) is 6.21. The van der Waals surface area contributed by atoms with Gasteiger partial charge in [-0.15, -0.1) is 0 Å². The van der Waals surface area contributed by atoms with E-state index in [1.807, 2.05) is 19.1 Å². The van der Waals surface area contributed by atoms with Gasteiger partial charge in [0.05, 0.1) is 11.6 Å². The van der Waals surface area contributed by atoms with Crippen molar-refractivity contribution in [2.75, 3.05) is 20.3 Å². The summed E-state index contributed by atoms with van der Waals surface area (Å²) in [6.07, 6.45) is 4.69. The quantitative estimate of drug-likeness (QED) is 0.346. The van der Waals surface area contributed by atoms with Crippen molar-refractivity contribution in [2.45, 2.75) is 25.8 Å². The number of aliphatic hydroxyl groups excluding tert-OH is 1. The lowest BCUT2D eigenvalue weighted by Gasteiger charge is -2.25. The Morgan fingerprint density at radius 3 is 2.43 bits per heavy atom. The summed E-state index contributed by atoms with van der Waals surface area (Å²) in [5.41, 5.74) is 2.49. The first-order valence-corrected chi connectivity index (χ1v) is 9.35. The molecule has 1 aliphatic rings. The van der Waals surface area contributed by atoms with Crippen molar-refractivity contribution in [1.82, 2.24) is 9.88 Å². The fraction of sp³-hybridized carbons (Fsp3) is 0.318. The number of carbonyl (C=O) groups excluding carboxylic acids is 2. The standard InChI is InChI=1S/C22H24N2O4/c1-3-15-5-7-17(8-6-15)20(25)18-19(16-9-11-23-12-10-16)24(13-4-14-28-2)22(27)21(18)26/h5-12,19,25H,3-4,13-14H2,1-2H3/b20-18-. The molecule has 1 unspecified atom stereocenters. The average molecular weight is 380 g/mol. The second kappa shape index (κ2) is 8.80. The number of hydrogen-bond acceptors (Lipinski definition) is 5. The maximum atomic E-state index is 12.8. The fourth-order valence-corrected chi connectivity index (χ4v) is 3.44. The Balaban J connectivity index is 2.07. The number of likely N-dealkylation sites (tertiary alicyclic amines) is 1. The number of ketones is 1. The third kappa shape index (κ3) is 3.82. The number of rotatable bonds is 7. The van der Waals surface area contributed by atoms with Crippen LogP contribution < -0.4 is 0 Å². The van der Waals surface area contributed by atoms with Gasteiger partial charge in [-0.2, -0.15) is 0 Å². The maximum Gasteiger partial charge on any atom is 0.295 e. The van der Waals surface area contributed by atoms with E-state index in [1.165, 1.54) is 4.90 Å². The summed E-state index contributed by atoms with van der Waals surface area (Å²) in [6, 6.07) is 10.2. The molecule has 146 valence electrons. The predicted molar refractivity (Wildman–Crippen MR) is 106 cm³/mol. The van der Waals surface area contributed by atoms with E-state index in [4.69, 9.17) is 4.74 Å². The molecule has 0 saturated carbocycles. The first kappa shape index (κ1) is 19.8. The molecule has 1 atom stereocenters. The minimum Gasteiger partial charge on any atom is -0.507 e. The summed E-state index contributed by atoms with van der Waals surface area (Å²) in [5.74, 6) is -1.43. The number of hydrogen-bond donors (Lipinski definition) is 1. The molecule has 2 heterocycles. The first-order valence-electron chi connectivity index (χ1n) is 9.35. The Morgan fingerprint density at radius 2 is 1.82 bits per heavy atom. The van der Waals surface area contributed by atoms with Crippen LogP contribution in [0, 0.1) is 0 Å². The zero-order valence-corrected chi connectivity index (χ0v) is 16.1. The molecule has 0 bridgehead atoms. The zero-order chi connectivity index (χ0) is 20.1. The number of amides is 1. The molecule has 6 nitrogen and oxygen atoms in total. The van der Waals surface area contributed by atoms with Gasteiger partial charge in [0.2, 0.25) is 0 Å². The molecule has 1 aromatic heterocycles. The van der Waals surface area contributed by atoms with Crippen LogP contribution in [-0.2, 0) is 20.7 Å². The van der Waals surface area contributed by atoms with Crippen molar-refractivity contribution in [1.29, 1.82) is 0 Å². The highest BCUT2D eigenvalue weighted by Crippen LogP contribution is 2.39. The summed E-state index contributed by atoms with van der Waals surface area (Å²) in [4.78, 5) is 31.0. The number of aryl methyl sites for hydroxylation is 1. The Hall–Kier alpha value is -2.99. The summed E-state index contributed by atoms with van der Waals surface area (Å²) < 4.78 is 5.08. The van der Waals surface area contributed by atoms with Gasteiger partial charge >= 0.3 is 0 Å². The third-order valence-corrected chi connectivity index (χ3v) is 4.94. The van der Waals surface area contributed by atoms with Crippen LogP contribution in [0.5, 0.6) is 0 Å². The molecule has 1 N–H and O–H groups in total. The highest BCUT2D eigenvalue weighted by molar-refractivity contribution is 6.46. The number of Topliss-reactive ketones (excluding diaryl/α,β-unsaturated/α-hetero) is 1. The molecule has 0 aliphatic carbocycles. The van der Waals surface area contributed by atoms with Gasteiger partial charge in [-0.25, -0.2) is 0 Å². The molecule has 1 fully saturated rings. The van der Waals surface area contributed by atoms with Gasteiger partial charge in [0, 0.05) is 38.2 Å². The summed E-state index contributed by atoms with van der Waals surface area (Å²) in [6.45, 7) is 2.88. The van der Waals surface area contributed by atoms with E-state index in [0.717, 1.165) is 17.5 Å². The van der Waals surface area contributed by atoms with Crippen molar-refractivity contribution in [3.05, 3.63) is 71.1 Å². The van der Waals surface area contributed by atoms with Crippen LogP contribution in [-0.4, -0.2) is 46.9 Å². The molecular weight excluding hydrogens is 356 g/mol. The third-order valence-electron chi connectivity index (χ3n) is 4.94. The molecule has 0 spiro atoms. The normalized spacial score (nSPS) is 18.6. The van der Waals surface area contributed by atoms with Gasteiger partial charge in [0.25, 0.3) is 11.7 Å². The largest absolute Gasteiger partial charge is 0.507 e.